The first-order valence-electron chi connectivity index (χ1n) is 11.9. The van der Waals surface area contributed by atoms with Crippen molar-refractivity contribution in [3.63, 3.8) is 0 Å². The van der Waals surface area contributed by atoms with Gasteiger partial charge in [0.2, 0.25) is 5.95 Å². The number of amides is 1. The molecule has 2 aliphatic rings. The number of aromatic amines is 1. The number of carbonyl (C=O) groups is 1. The highest BCUT2D eigenvalue weighted by atomic mass is 19.1. The maximum atomic E-state index is 15.5. The van der Waals surface area contributed by atoms with Crippen LogP contribution in [0.15, 0.2) is 23.0 Å². The van der Waals surface area contributed by atoms with Crippen LogP contribution in [0.4, 0.5) is 14.5 Å². The topological polar surface area (TPSA) is 94.2 Å². The number of H-pyrrole nitrogens is 1. The second-order valence-corrected chi connectivity index (χ2v) is 9.16. The molecule has 1 aliphatic carbocycles. The van der Waals surface area contributed by atoms with Gasteiger partial charge in [-0.15, -0.1) is 0 Å². The number of fused-ring (bicyclic) bond motifs is 1. The zero-order chi connectivity index (χ0) is 25.4. The first kappa shape index (κ1) is 23.9. The van der Waals surface area contributed by atoms with Gasteiger partial charge >= 0.3 is 0 Å². The van der Waals surface area contributed by atoms with Crippen LogP contribution in [-0.4, -0.2) is 59.0 Å². The number of pyridine rings is 1. The number of halogens is 2. The van der Waals surface area contributed by atoms with Crippen molar-refractivity contribution in [2.24, 2.45) is 5.92 Å². The zero-order valence-corrected chi connectivity index (χ0v) is 20.1. The van der Waals surface area contributed by atoms with E-state index in [-0.39, 0.29) is 16.9 Å². The van der Waals surface area contributed by atoms with Crippen LogP contribution in [0.2, 0.25) is 0 Å². The Morgan fingerprint density at radius 2 is 1.94 bits per heavy atom. The third kappa shape index (κ3) is 4.79. The van der Waals surface area contributed by atoms with Crippen LogP contribution in [0.25, 0.3) is 11.0 Å². The van der Waals surface area contributed by atoms with Gasteiger partial charge in [-0.05, 0) is 38.0 Å². The van der Waals surface area contributed by atoms with E-state index < -0.39 is 23.2 Å². The highest BCUT2D eigenvalue weighted by Crippen LogP contribution is 2.29. The summed E-state index contributed by atoms with van der Waals surface area (Å²) in [6.45, 7) is 4.07. The summed E-state index contributed by atoms with van der Waals surface area (Å²) in [7, 11) is 1.46. The number of nitrogens with zero attached hydrogens (tertiary/aromatic N) is 4. The Bertz CT molecular complexity index is 1460. The molecule has 2 N–H and O–H groups in total. The summed E-state index contributed by atoms with van der Waals surface area (Å²) < 4.78 is 30.0. The minimum absolute atomic E-state index is 0.0208. The predicted octanol–water partition coefficient (Wildman–Crippen LogP) is 2.35. The Labute approximate surface area is 206 Å². The molecule has 10 heteroatoms. The second kappa shape index (κ2) is 9.66. The smallest absolute Gasteiger partial charge is 0.269 e. The molecule has 5 rings (SSSR count). The number of rotatable bonds is 4. The van der Waals surface area contributed by atoms with Gasteiger partial charge < -0.3 is 15.2 Å². The highest BCUT2D eigenvalue weighted by molar-refractivity contribution is 5.92. The lowest BCUT2D eigenvalue weighted by atomic mass is 10.1. The Morgan fingerprint density at radius 3 is 2.61 bits per heavy atom. The number of aromatic nitrogens is 3. The van der Waals surface area contributed by atoms with Gasteiger partial charge in [0, 0.05) is 51.3 Å². The molecule has 0 unspecified atom stereocenters. The number of anilines is 1. The lowest BCUT2D eigenvalue weighted by Crippen LogP contribution is -2.46. The first-order chi connectivity index (χ1) is 17.3. The Balaban J connectivity index is 1.35. The fourth-order valence-corrected chi connectivity index (χ4v) is 4.28. The van der Waals surface area contributed by atoms with E-state index in [0.29, 0.717) is 61.0 Å². The molecule has 3 heterocycles. The number of hydrogen-bond acceptors (Lipinski definition) is 6. The molecule has 1 amide bonds. The molecule has 3 aromatic rings. The Kier molecular flexibility index (Phi) is 6.41. The van der Waals surface area contributed by atoms with Gasteiger partial charge in [0.05, 0.1) is 11.3 Å². The van der Waals surface area contributed by atoms with Gasteiger partial charge in [-0.25, -0.2) is 14.4 Å². The molecule has 8 nitrogen and oxygen atoms in total. The average molecular weight is 493 g/mol. The molecule has 36 heavy (non-hydrogen) atoms. The van der Waals surface area contributed by atoms with Gasteiger partial charge in [0.25, 0.3) is 11.5 Å². The number of benzene rings is 1. The van der Waals surface area contributed by atoms with E-state index in [1.165, 1.54) is 13.1 Å². The molecule has 1 aromatic carbocycles. The van der Waals surface area contributed by atoms with Crippen LogP contribution in [0, 0.1) is 36.4 Å². The van der Waals surface area contributed by atoms with Gasteiger partial charge in [-0.2, -0.15) is 4.39 Å². The third-order valence-corrected chi connectivity index (χ3v) is 6.54. The minimum Gasteiger partial charge on any atom is -0.365 e. The maximum absolute atomic E-state index is 15.5. The van der Waals surface area contributed by atoms with Crippen LogP contribution >= 0.6 is 0 Å². The number of piperazine rings is 1. The van der Waals surface area contributed by atoms with Crippen LogP contribution in [0.5, 0.6) is 0 Å². The number of aryl methyl sites for hydroxylation is 1. The maximum Gasteiger partial charge on any atom is 0.269 e. The normalized spacial score (nSPS) is 16.1. The van der Waals surface area contributed by atoms with E-state index >= 15 is 4.39 Å². The van der Waals surface area contributed by atoms with Crippen molar-refractivity contribution in [1.82, 2.24) is 25.2 Å². The molecule has 1 saturated heterocycles. The number of hydrogen-bond donors (Lipinski definition) is 2. The lowest BCUT2D eigenvalue weighted by molar-refractivity contribution is 0.0957. The molecule has 186 valence electrons. The van der Waals surface area contributed by atoms with Crippen LogP contribution < -0.4 is 15.8 Å². The van der Waals surface area contributed by atoms with E-state index in [1.807, 2.05) is 4.90 Å². The van der Waals surface area contributed by atoms with E-state index in [4.69, 9.17) is 0 Å². The highest BCUT2D eigenvalue weighted by Gasteiger charge is 2.24. The zero-order valence-electron chi connectivity index (χ0n) is 20.1. The largest absolute Gasteiger partial charge is 0.365 e. The summed E-state index contributed by atoms with van der Waals surface area (Å²) in [5.41, 5.74) is 1.68. The fourth-order valence-electron chi connectivity index (χ4n) is 4.28. The van der Waals surface area contributed by atoms with E-state index in [1.54, 1.807) is 19.1 Å². The van der Waals surface area contributed by atoms with Crippen LogP contribution in [0.3, 0.4) is 0 Å². The number of nitrogens with one attached hydrogen (secondary N) is 2. The van der Waals surface area contributed by atoms with Crippen molar-refractivity contribution in [2.45, 2.75) is 26.3 Å². The molecule has 0 atom stereocenters. The molecule has 2 fully saturated rings. The van der Waals surface area contributed by atoms with Gasteiger partial charge in [0.1, 0.15) is 22.4 Å². The van der Waals surface area contributed by atoms with Crippen molar-refractivity contribution in [1.29, 1.82) is 0 Å². The summed E-state index contributed by atoms with van der Waals surface area (Å²) in [6.07, 6.45) is 2.13. The summed E-state index contributed by atoms with van der Waals surface area (Å²) in [6, 6.07) is 4.78. The van der Waals surface area contributed by atoms with Crippen molar-refractivity contribution in [2.75, 3.05) is 38.1 Å². The molecular weight excluding hydrogens is 466 g/mol. The Morgan fingerprint density at radius 1 is 1.19 bits per heavy atom. The van der Waals surface area contributed by atoms with E-state index in [9.17, 15) is 14.0 Å². The minimum atomic E-state index is -0.698. The van der Waals surface area contributed by atoms with E-state index in [0.717, 1.165) is 12.8 Å². The van der Waals surface area contributed by atoms with Crippen LogP contribution in [0.1, 0.15) is 40.2 Å². The number of carbonyl (C=O) groups excluding carboxylic acids is 1. The molecule has 1 aliphatic heterocycles. The molecule has 1 saturated carbocycles. The lowest BCUT2D eigenvalue weighted by Gasteiger charge is -2.36. The average Bonchev–Trinajstić information content (AvgIpc) is 3.71. The standard InChI is InChI=1S/C26H26F2N6O2/c1-15-25(35)32-23-21(27)18(13-17(22(23)30-15)6-5-16-3-4-16)14-33-9-11-34(12-10-33)20-8-7-19(26(36)29-2)31-24(20)28/h7-8,13,16H,3-4,9-12,14H2,1-2H3,(H,29,36)(H,32,35). The van der Waals surface area contributed by atoms with Gasteiger partial charge in [-0.3, -0.25) is 14.5 Å². The second-order valence-electron chi connectivity index (χ2n) is 9.16. The molecule has 2 aromatic heterocycles. The predicted molar refractivity (Wildman–Crippen MR) is 132 cm³/mol. The fraction of sp³-hybridized carbons (Fsp3) is 0.385. The Hall–Kier alpha value is -3.84. The molecule has 0 radical (unpaired) electrons. The monoisotopic (exact) mass is 492 g/mol. The van der Waals surface area contributed by atoms with E-state index in [2.05, 4.69) is 37.0 Å². The van der Waals surface area contributed by atoms with Crippen molar-refractivity contribution >= 4 is 22.6 Å². The van der Waals surface area contributed by atoms with Gasteiger partial charge in [-0.1, -0.05) is 11.8 Å². The van der Waals surface area contributed by atoms with Crippen molar-refractivity contribution in [3.8, 4) is 11.8 Å². The van der Waals surface area contributed by atoms with Crippen molar-refractivity contribution < 1.29 is 13.6 Å². The van der Waals surface area contributed by atoms with Crippen LogP contribution in [-0.2, 0) is 6.54 Å². The van der Waals surface area contributed by atoms with Gasteiger partial charge in [0.15, 0.2) is 5.82 Å². The first-order valence-corrected chi connectivity index (χ1v) is 11.9. The summed E-state index contributed by atoms with van der Waals surface area (Å²) in [4.78, 5) is 38.5. The summed E-state index contributed by atoms with van der Waals surface area (Å²) in [5, 5.41) is 2.43. The molecule has 0 bridgehead atoms. The SMILES string of the molecule is CNC(=O)c1ccc(N2CCN(Cc3cc(C#CC4CC4)c4nc(C)c(=O)[nH]c4c3F)CC2)c(F)n1. The molecular formula is C26H26F2N6O2. The molecule has 0 spiro atoms. The van der Waals surface area contributed by atoms with Crippen molar-refractivity contribution in [3.05, 3.63) is 62.8 Å². The third-order valence-electron chi connectivity index (χ3n) is 6.54. The summed E-state index contributed by atoms with van der Waals surface area (Å²) >= 11 is 0. The quantitative estimate of drug-likeness (QED) is 0.429. The summed E-state index contributed by atoms with van der Waals surface area (Å²) in [5.74, 6) is 5.06.